The van der Waals surface area contributed by atoms with Crippen LogP contribution >= 0.6 is 0 Å². The Bertz CT molecular complexity index is 726. The van der Waals surface area contributed by atoms with E-state index in [9.17, 15) is 0 Å². The molecule has 1 fully saturated rings. The second kappa shape index (κ2) is 4.05. The maximum Gasteiger partial charge on any atom is 0.179 e. The fraction of sp³-hybridized carbons (Fsp3) is 0.500. The molecular formula is C14H17N5. The van der Waals surface area contributed by atoms with Gasteiger partial charge in [-0.3, -0.25) is 4.40 Å². The van der Waals surface area contributed by atoms with E-state index in [0.717, 1.165) is 28.6 Å². The molecule has 5 heteroatoms. The van der Waals surface area contributed by atoms with E-state index >= 15 is 0 Å². The average molecular weight is 255 g/mol. The third kappa shape index (κ3) is 1.50. The number of H-pyrrole nitrogens is 1. The molecule has 0 spiro atoms. The van der Waals surface area contributed by atoms with Gasteiger partial charge in [0.1, 0.15) is 5.82 Å². The number of fused-ring (bicyclic) bond motifs is 3. The predicted molar refractivity (Wildman–Crippen MR) is 73.0 cm³/mol. The highest BCUT2D eigenvalue weighted by atomic mass is 15.3. The zero-order valence-electron chi connectivity index (χ0n) is 11.0. The predicted octanol–water partition coefficient (Wildman–Crippen LogP) is 2.90. The van der Waals surface area contributed by atoms with Crippen LogP contribution in [0.5, 0.6) is 0 Å². The van der Waals surface area contributed by atoms with Crippen LogP contribution in [0.4, 0.5) is 0 Å². The van der Waals surface area contributed by atoms with Crippen LogP contribution in [-0.4, -0.2) is 24.6 Å². The molecule has 1 unspecified atom stereocenters. The van der Waals surface area contributed by atoms with Crippen molar-refractivity contribution in [1.29, 1.82) is 0 Å². The Hall–Kier alpha value is -1.91. The van der Waals surface area contributed by atoms with E-state index in [4.69, 9.17) is 0 Å². The summed E-state index contributed by atoms with van der Waals surface area (Å²) < 4.78 is 2.18. The number of rotatable bonds is 2. The van der Waals surface area contributed by atoms with Crippen molar-refractivity contribution in [3.05, 3.63) is 24.3 Å². The lowest BCUT2D eigenvalue weighted by atomic mass is 9.93. The summed E-state index contributed by atoms with van der Waals surface area (Å²) in [6, 6.07) is 2.05. The summed E-state index contributed by atoms with van der Waals surface area (Å²) >= 11 is 0. The van der Waals surface area contributed by atoms with Crippen molar-refractivity contribution in [3.63, 3.8) is 0 Å². The van der Waals surface area contributed by atoms with E-state index in [2.05, 4.69) is 37.6 Å². The summed E-state index contributed by atoms with van der Waals surface area (Å²) in [6.45, 7) is 2.28. The van der Waals surface area contributed by atoms with E-state index in [1.54, 1.807) is 6.20 Å². The van der Waals surface area contributed by atoms with Gasteiger partial charge in [0, 0.05) is 12.1 Å². The Balaban J connectivity index is 1.96. The van der Waals surface area contributed by atoms with Gasteiger partial charge in [-0.15, -0.1) is 10.2 Å². The molecule has 3 aromatic heterocycles. The van der Waals surface area contributed by atoms with Gasteiger partial charge < -0.3 is 4.98 Å². The lowest BCUT2D eigenvalue weighted by molar-refractivity contribution is 0.451. The minimum atomic E-state index is 0.542. The fourth-order valence-electron chi connectivity index (χ4n) is 3.50. The first-order chi connectivity index (χ1) is 9.38. The molecule has 0 amide bonds. The van der Waals surface area contributed by atoms with Crippen LogP contribution in [0.25, 0.3) is 16.8 Å². The van der Waals surface area contributed by atoms with Crippen LogP contribution in [0.3, 0.4) is 0 Å². The lowest BCUT2D eigenvalue weighted by Gasteiger charge is -2.16. The number of nitrogens with one attached hydrogen (secondary N) is 1. The molecule has 1 aliphatic carbocycles. The van der Waals surface area contributed by atoms with Crippen LogP contribution in [0.1, 0.15) is 44.3 Å². The van der Waals surface area contributed by atoms with Crippen molar-refractivity contribution in [2.75, 3.05) is 0 Å². The van der Waals surface area contributed by atoms with Crippen molar-refractivity contribution in [2.24, 2.45) is 5.92 Å². The fourth-order valence-corrected chi connectivity index (χ4v) is 3.50. The standard InChI is InChI=1S/C14H17N5/c1-2-9-4-3-5-10(9)14-18-17-12-8-16-13-11(19(12)14)6-7-15-13/h6-10,15H,2-5H2,1H3/t9-,10?/m1/s1. The number of hydrogen-bond donors (Lipinski definition) is 1. The molecule has 0 aliphatic heterocycles. The second-order valence-electron chi connectivity index (χ2n) is 5.43. The molecule has 0 saturated heterocycles. The largest absolute Gasteiger partial charge is 0.345 e. The normalized spacial score (nSPS) is 23.6. The topological polar surface area (TPSA) is 58.9 Å². The summed E-state index contributed by atoms with van der Waals surface area (Å²) in [6.07, 6.45) is 8.80. The van der Waals surface area contributed by atoms with E-state index < -0.39 is 0 Å². The van der Waals surface area contributed by atoms with Crippen LogP contribution in [0.15, 0.2) is 18.5 Å². The van der Waals surface area contributed by atoms with E-state index in [0.29, 0.717) is 5.92 Å². The lowest BCUT2D eigenvalue weighted by Crippen LogP contribution is -2.09. The number of aromatic nitrogens is 5. The molecule has 2 atom stereocenters. The highest BCUT2D eigenvalue weighted by molar-refractivity contribution is 5.74. The Morgan fingerprint density at radius 1 is 1.37 bits per heavy atom. The zero-order chi connectivity index (χ0) is 12.8. The molecule has 0 radical (unpaired) electrons. The number of aromatic amines is 1. The van der Waals surface area contributed by atoms with Gasteiger partial charge in [-0.05, 0) is 24.8 Å². The van der Waals surface area contributed by atoms with Crippen molar-refractivity contribution >= 4 is 16.8 Å². The Morgan fingerprint density at radius 2 is 2.32 bits per heavy atom. The van der Waals surface area contributed by atoms with Crippen molar-refractivity contribution in [1.82, 2.24) is 24.6 Å². The minimum absolute atomic E-state index is 0.542. The van der Waals surface area contributed by atoms with Gasteiger partial charge in [0.15, 0.2) is 11.3 Å². The third-order valence-corrected chi connectivity index (χ3v) is 4.48. The smallest absolute Gasteiger partial charge is 0.179 e. The summed E-state index contributed by atoms with van der Waals surface area (Å²) in [5, 5.41) is 8.76. The van der Waals surface area contributed by atoms with Crippen LogP contribution in [-0.2, 0) is 0 Å². The van der Waals surface area contributed by atoms with E-state index in [-0.39, 0.29) is 0 Å². The highest BCUT2D eigenvalue weighted by Crippen LogP contribution is 2.40. The first-order valence-electron chi connectivity index (χ1n) is 7.05. The van der Waals surface area contributed by atoms with Gasteiger partial charge in [-0.1, -0.05) is 19.8 Å². The number of hydrogen-bond acceptors (Lipinski definition) is 3. The first-order valence-corrected chi connectivity index (χ1v) is 7.05. The van der Waals surface area contributed by atoms with Gasteiger partial charge in [0.2, 0.25) is 0 Å². The maximum absolute atomic E-state index is 4.46. The third-order valence-electron chi connectivity index (χ3n) is 4.48. The summed E-state index contributed by atoms with van der Waals surface area (Å²) in [5.41, 5.74) is 2.84. The molecule has 19 heavy (non-hydrogen) atoms. The maximum atomic E-state index is 4.46. The molecule has 4 rings (SSSR count). The molecular weight excluding hydrogens is 238 g/mol. The van der Waals surface area contributed by atoms with Gasteiger partial charge in [0.05, 0.1) is 11.7 Å². The molecule has 1 aliphatic rings. The van der Waals surface area contributed by atoms with Crippen molar-refractivity contribution in [3.8, 4) is 0 Å². The summed E-state index contributed by atoms with van der Waals surface area (Å²) in [5.74, 6) is 2.40. The van der Waals surface area contributed by atoms with Gasteiger partial charge in [-0.2, -0.15) is 0 Å². The molecule has 1 N–H and O–H groups in total. The quantitative estimate of drug-likeness (QED) is 0.766. The summed E-state index contributed by atoms with van der Waals surface area (Å²) in [7, 11) is 0. The molecule has 3 aromatic rings. The van der Waals surface area contributed by atoms with E-state index in [1.165, 1.54) is 25.7 Å². The molecule has 0 bridgehead atoms. The molecule has 3 heterocycles. The van der Waals surface area contributed by atoms with Crippen LogP contribution in [0, 0.1) is 5.92 Å². The molecule has 98 valence electrons. The average Bonchev–Trinajstić information content (AvgIpc) is 3.15. The second-order valence-corrected chi connectivity index (χ2v) is 5.43. The summed E-state index contributed by atoms with van der Waals surface area (Å²) in [4.78, 5) is 7.53. The monoisotopic (exact) mass is 255 g/mol. The van der Waals surface area contributed by atoms with Gasteiger partial charge in [0.25, 0.3) is 0 Å². The molecule has 1 saturated carbocycles. The Kier molecular flexibility index (Phi) is 2.33. The molecule has 0 aromatic carbocycles. The van der Waals surface area contributed by atoms with E-state index in [1.807, 2.05) is 6.20 Å². The first kappa shape index (κ1) is 11.0. The molecule has 5 nitrogen and oxygen atoms in total. The zero-order valence-corrected chi connectivity index (χ0v) is 11.0. The van der Waals surface area contributed by atoms with Crippen molar-refractivity contribution < 1.29 is 0 Å². The van der Waals surface area contributed by atoms with Crippen LogP contribution in [0.2, 0.25) is 0 Å². The number of nitrogens with zero attached hydrogens (tertiary/aromatic N) is 4. The Morgan fingerprint density at radius 3 is 3.21 bits per heavy atom. The minimum Gasteiger partial charge on any atom is -0.345 e. The SMILES string of the molecule is CC[C@@H]1CCCC1c1nnc2cnc3[nH]ccc3n12. The van der Waals surface area contributed by atoms with Gasteiger partial charge >= 0.3 is 0 Å². The highest BCUT2D eigenvalue weighted by Gasteiger charge is 2.31. The van der Waals surface area contributed by atoms with Crippen LogP contribution < -0.4 is 0 Å². The Labute approximate surface area is 111 Å². The van der Waals surface area contributed by atoms with Crippen molar-refractivity contribution in [2.45, 2.75) is 38.5 Å². The van der Waals surface area contributed by atoms with Gasteiger partial charge in [-0.25, -0.2) is 4.98 Å².